The highest BCUT2D eigenvalue weighted by Crippen LogP contribution is 2.57. The lowest BCUT2D eigenvalue weighted by Gasteiger charge is -2.27. The van der Waals surface area contributed by atoms with E-state index in [1.807, 2.05) is 10.3 Å². The quantitative estimate of drug-likeness (QED) is 0.100. The summed E-state index contributed by atoms with van der Waals surface area (Å²) in [5.74, 6) is -1.57. The molecule has 3 heterocycles. The Labute approximate surface area is 220 Å². The molecule has 6 N–H and O–H groups in total. The number of aliphatic hydroxyl groups excluding tert-OH is 1. The highest BCUT2D eigenvalue weighted by atomic mass is 32.7. The molecule has 2 fully saturated rings. The maximum absolute atomic E-state index is 13.7. The predicted octanol–water partition coefficient (Wildman–Crippen LogP) is -1.46. The Kier molecular flexibility index (Phi) is 9.24. The van der Waals surface area contributed by atoms with E-state index < -0.39 is 84.7 Å². The molecule has 0 saturated carbocycles. The smallest absolute Gasteiger partial charge is 0.330 e. The number of esters is 1. The zero-order chi connectivity index (χ0) is 28.4. The van der Waals surface area contributed by atoms with Crippen LogP contribution in [0.15, 0.2) is 21.9 Å². The molecule has 0 aromatic carbocycles. The number of nitrogens with zero attached hydrogens (tertiary/aromatic N) is 1. The van der Waals surface area contributed by atoms with Gasteiger partial charge in [0.1, 0.15) is 29.9 Å². The largest absolute Gasteiger partial charge is 0.462 e. The fourth-order valence-corrected chi connectivity index (χ4v) is 7.51. The van der Waals surface area contributed by atoms with Crippen LogP contribution in [0.5, 0.6) is 0 Å². The van der Waals surface area contributed by atoms with Crippen molar-refractivity contribution in [3.63, 3.8) is 0 Å². The molecule has 16 nitrogen and oxygen atoms in total. The van der Waals surface area contributed by atoms with Crippen molar-refractivity contribution in [2.75, 3.05) is 12.4 Å². The van der Waals surface area contributed by atoms with Crippen LogP contribution in [0.25, 0.3) is 0 Å². The van der Waals surface area contributed by atoms with Gasteiger partial charge in [0.05, 0.1) is 12.7 Å². The van der Waals surface area contributed by atoms with E-state index >= 15 is 0 Å². The van der Waals surface area contributed by atoms with Gasteiger partial charge in [0.15, 0.2) is 6.23 Å². The minimum Gasteiger partial charge on any atom is -0.462 e. The van der Waals surface area contributed by atoms with Crippen molar-refractivity contribution < 1.29 is 43.2 Å². The normalized spacial score (nSPS) is 29.6. The summed E-state index contributed by atoms with van der Waals surface area (Å²) in [6.07, 6.45) is -3.74. The number of carbonyl (C=O) groups is 3. The average molecular weight is 580 g/mol. The second-order valence-corrected chi connectivity index (χ2v) is 13.5. The molecule has 2 aliphatic rings. The molecule has 2 saturated heterocycles. The topological polar surface area (TPSA) is 227 Å². The summed E-state index contributed by atoms with van der Waals surface area (Å²) in [5.41, 5.74) is -3.60. The maximum atomic E-state index is 13.7. The number of nitrogens with one attached hydrogen (secondary N) is 4. The van der Waals surface area contributed by atoms with Crippen molar-refractivity contribution in [1.82, 2.24) is 25.3 Å². The fourth-order valence-electron chi connectivity index (χ4n) is 3.65. The van der Waals surface area contributed by atoms with Gasteiger partial charge in [0.2, 0.25) is 0 Å². The van der Waals surface area contributed by atoms with E-state index in [1.165, 1.54) is 13.8 Å². The summed E-state index contributed by atoms with van der Waals surface area (Å²) in [4.78, 5) is 61.2. The molecule has 3 amide bonds. The van der Waals surface area contributed by atoms with Gasteiger partial charge in [0, 0.05) is 18.0 Å². The number of aromatic nitrogens is 2. The number of amides is 3. The number of H-pyrrole nitrogens is 1. The predicted molar refractivity (Wildman–Crippen MR) is 132 cm³/mol. The van der Waals surface area contributed by atoms with Crippen molar-refractivity contribution in [3.05, 3.63) is 33.1 Å². The Morgan fingerprint density at radius 2 is 2.00 bits per heavy atom. The number of aliphatic hydroxyl groups is 2. The Balaban J connectivity index is 1.76. The molecule has 0 aliphatic carbocycles. The van der Waals surface area contributed by atoms with Gasteiger partial charge in [-0.25, -0.2) is 14.7 Å². The number of imide groups is 1. The summed E-state index contributed by atoms with van der Waals surface area (Å²) < 4.78 is 30.9. The van der Waals surface area contributed by atoms with Gasteiger partial charge in [-0.15, -0.1) is 0 Å². The van der Waals surface area contributed by atoms with Crippen LogP contribution in [-0.2, 0) is 28.2 Å². The van der Waals surface area contributed by atoms with Crippen molar-refractivity contribution in [2.24, 2.45) is 0 Å². The molecule has 38 heavy (non-hydrogen) atoms. The molecule has 3 rings (SSSR count). The third kappa shape index (κ3) is 6.91. The lowest BCUT2D eigenvalue weighted by Crippen LogP contribution is -2.47. The first-order valence-electron chi connectivity index (χ1n) is 11.5. The van der Waals surface area contributed by atoms with Gasteiger partial charge in [0.25, 0.3) is 11.5 Å². The first-order chi connectivity index (χ1) is 17.6. The second kappa shape index (κ2) is 11.7. The highest BCUT2D eigenvalue weighted by Gasteiger charge is 2.54. The van der Waals surface area contributed by atoms with Crippen LogP contribution < -0.4 is 27.0 Å². The molecule has 2 aliphatic heterocycles. The molecule has 0 spiro atoms. The minimum atomic E-state index is -4.05. The van der Waals surface area contributed by atoms with Crippen LogP contribution in [-0.4, -0.2) is 86.0 Å². The van der Waals surface area contributed by atoms with E-state index in [9.17, 15) is 38.8 Å². The van der Waals surface area contributed by atoms with Crippen LogP contribution in [0.4, 0.5) is 4.79 Å². The Bertz CT molecular complexity index is 1230. The van der Waals surface area contributed by atoms with Gasteiger partial charge in [-0.05, 0) is 27.7 Å². The number of aromatic amines is 1. The van der Waals surface area contributed by atoms with Crippen LogP contribution in [0, 0.1) is 0 Å². The monoisotopic (exact) mass is 579 g/mol. The Hall–Kier alpha value is -2.53. The molecule has 1 aromatic rings. The van der Waals surface area contributed by atoms with Gasteiger partial charge in [-0.2, -0.15) is 0 Å². The lowest BCUT2D eigenvalue weighted by molar-refractivity contribution is -0.149. The van der Waals surface area contributed by atoms with Crippen LogP contribution in [0.1, 0.15) is 33.9 Å². The number of ether oxygens (including phenoxy) is 2. The zero-order valence-corrected chi connectivity index (χ0v) is 22.6. The molecule has 212 valence electrons. The molecule has 0 radical (unpaired) electrons. The van der Waals surface area contributed by atoms with Crippen molar-refractivity contribution in [2.45, 2.75) is 69.9 Å². The lowest BCUT2D eigenvalue weighted by atomic mass is 9.96. The fraction of sp³-hybridized carbons (Fsp3) is 0.650. The van der Waals surface area contributed by atoms with E-state index in [0.29, 0.717) is 11.4 Å². The van der Waals surface area contributed by atoms with E-state index in [4.69, 9.17) is 14.0 Å². The second-order valence-electron chi connectivity index (χ2n) is 9.16. The molecule has 0 unspecified atom stereocenters. The van der Waals surface area contributed by atoms with E-state index in [-0.39, 0.29) is 5.75 Å². The number of rotatable bonds is 11. The standard InChI is InChI=1S/C20H30N5O11PS/c1-9(2)35-16(29)10(3)24-37(33,38-8-11-15(28)23-18(30)21-11)34-7-12-14(27)20(4,32)17(36-12)25-6-5-13(26)22-19(25)31/h5-6,9-12,14,17,27,32H,7-8H2,1-4H3,(H,24,33)(H,22,26,31)(H2,21,23,28,30)/t10-,11+,12-,14-,17-,20-,37+/m1/s1. The SMILES string of the molecule is CC(C)OC(=O)[C@@H](C)N[P@](=O)(OC[C@H]1O[C@@H](n2ccc(=O)[nH]c2=O)[C@](C)(O)[C@@H]1O)SC[C@@H]1NC(=O)NC1=O. The van der Waals surface area contributed by atoms with E-state index in [2.05, 4.69) is 10.4 Å². The Morgan fingerprint density at radius 3 is 2.58 bits per heavy atom. The first kappa shape index (κ1) is 30.0. The molecule has 7 atom stereocenters. The van der Waals surface area contributed by atoms with Crippen LogP contribution in [0.2, 0.25) is 0 Å². The molecular formula is C20H30N5O11PS. The summed E-state index contributed by atoms with van der Waals surface area (Å²) in [6.45, 7) is 1.21. The molecular weight excluding hydrogens is 549 g/mol. The number of hydrogen-bond donors (Lipinski definition) is 6. The Morgan fingerprint density at radius 1 is 1.32 bits per heavy atom. The van der Waals surface area contributed by atoms with E-state index in [0.717, 1.165) is 16.8 Å². The van der Waals surface area contributed by atoms with Crippen molar-refractivity contribution in [3.8, 4) is 0 Å². The van der Waals surface area contributed by atoms with Crippen molar-refractivity contribution >= 4 is 36.0 Å². The molecule has 18 heteroatoms. The number of urea groups is 1. The highest BCUT2D eigenvalue weighted by molar-refractivity contribution is 8.56. The summed E-state index contributed by atoms with van der Waals surface area (Å²) >= 11 is 0.622. The molecule has 1 aromatic heterocycles. The third-order valence-electron chi connectivity index (χ3n) is 5.59. The number of carbonyl (C=O) groups excluding carboxylic acids is 3. The summed E-state index contributed by atoms with van der Waals surface area (Å²) in [5, 5.41) is 28.5. The summed E-state index contributed by atoms with van der Waals surface area (Å²) in [7, 11) is 0. The maximum Gasteiger partial charge on any atom is 0.330 e. The molecule has 0 bridgehead atoms. The van der Waals surface area contributed by atoms with E-state index in [1.54, 1.807) is 13.8 Å². The average Bonchev–Trinajstić information content (AvgIpc) is 3.25. The van der Waals surface area contributed by atoms with Gasteiger partial charge < -0.3 is 29.5 Å². The number of hydrogen-bond acceptors (Lipinski definition) is 12. The zero-order valence-electron chi connectivity index (χ0n) is 20.9. The first-order valence-corrected chi connectivity index (χ1v) is 14.7. The van der Waals surface area contributed by atoms with Crippen LogP contribution in [0.3, 0.4) is 0 Å². The van der Waals surface area contributed by atoms with Gasteiger partial charge in [-0.3, -0.25) is 33.8 Å². The van der Waals surface area contributed by atoms with Crippen LogP contribution >= 0.6 is 18.1 Å². The van der Waals surface area contributed by atoms with Gasteiger partial charge in [-0.1, -0.05) is 11.4 Å². The summed E-state index contributed by atoms with van der Waals surface area (Å²) in [6, 6.07) is -1.82. The minimum absolute atomic E-state index is 0.199. The van der Waals surface area contributed by atoms with Gasteiger partial charge >= 0.3 is 24.4 Å². The van der Waals surface area contributed by atoms with Crippen molar-refractivity contribution in [1.29, 1.82) is 0 Å². The third-order valence-corrected chi connectivity index (χ3v) is 9.71.